The third kappa shape index (κ3) is 4.39. The Labute approximate surface area is 246 Å². The number of carbonyl (C=O) groups excluding carboxylic acids is 5. The zero-order chi connectivity index (χ0) is 31.0. The van der Waals surface area contributed by atoms with E-state index in [0.717, 1.165) is 17.8 Å². The molecule has 3 saturated carbocycles. The molecule has 0 bridgehead atoms. The summed E-state index contributed by atoms with van der Waals surface area (Å²) in [6.07, 6.45) is 2.67. The molecule has 3 fully saturated rings. The van der Waals surface area contributed by atoms with Crippen molar-refractivity contribution in [3.8, 4) is 5.75 Å². The van der Waals surface area contributed by atoms with Gasteiger partial charge in [0.2, 0.25) is 5.91 Å². The van der Waals surface area contributed by atoms with Gasteiger partial charge in [-0.25, -0.2) is 0 Å². The molecule has 0 radical (unpaired) electrons. The summed E-state index contributed by atoms with van der Waals surface area (Å²) in [5, 5.41) is 23.0. The maximum atomic E-state index is 14.1. The van der Waals surface area contributed by atoms with Crippen LogP contribution in [-0.2, 0) is 32.1 Å². The molecule has 0 heterocycles. The van der Waals surface area contributed by atoms with Crippen molar-refractivity contribution in [1.82, 2.24) is 9.80 Å². The first-order valence-corrected chi connectivity index (χ1v) is 14.8. The first kappa shape index (κ1) is 30.3. The molecule has 42 heavy (non-hydrogen) atoms. The SMILES string of the molecule is CCN(Cc1cc(O)c2c(c1N(C)C)C[C@H]1C[C@H]3[C@H](N(C)C)C(=O)C(C(N)=O)C(=O)[C@@]3(O)C(=O)C1C2=O)[C@H](C)C1CC1. The lowest BCUT2D eigenvalue weighted by atomic mass is 9.52. The van der Waals surface area contributed by atoms with Gasteiger partial charge in [-0.2, -0.15) is 0 Å². The van der Waals surface area contributed by atoms with Crippen LogP contribution < -0.4 is 10.6 Å². The Bertz CT molecular complexity index is 1370. The van der Waals surface area contributed by atoms with E-state index >= 15 is 0 Å². The van der Waals surface area contributed by atoms with E-state index in [2.05, 4.69) is 18.7 Å². The van der Waals surface area contributed by atoms with Gasteiger partial charge >= 0.3 is 0 Å². The van der Waals surface area contributed by atoms with Gasteiger partial charge < -0.3 is 20.8 Å². The van der Waals surface area contributed by atoms with Gasteiger partial charge in [0.1, 0.15) is 5.75 Å². The van der Waals surface area contributed by atoms with Gasteiger partial charge in [-0.05, 0) is 82.3 Å². The van der Waals surface area contributed by atoms with Crippen LogP contribution in [0.25, 0.3) is 0 Å². The first-order valence-electron chi connectivity index (χ1n) is 14.8. The molecule has 4 N–H and O–H groups in total. The lowest BCUT2D eigenvalue weighted by molar-refractivity contribution is -0.181. The number of primary amides is 1. The van der Waals surface area contributed by atoms with Crippen molar-refractivity contribution in [3.63, 3.8) is 0 Å². The molecular formula is C31H42N4O7. The van der Waals surface area contributed by atoms with E-state index in [1.54, 1.807) is 20.2 Å². The van der Waals surface area contributed by atoms with E-state index in [-0.39, 0.29) is 24.2 Å². The van der Waals surface area contributed by atoms with Crippen molar-refractivity contribution in [2.24, 2.45) is 35.3 Å². The number of amides is 1. The molecule has 4 aliphatic rings. The van der Waals surface area contributed by atoms with Gasteiger partial charge in [0.25, 0.3) is 0 Å². The molecule has 228 valence electrons. The van der Waals surface area contributed by atoms with Crippen LogP contribution in [0, 0.1) is 29.6 Å². The second-order valence-corrected chi connectivity index (χ2v) is 13.1. The first-order chi connectivity index (χ1) is 19.7. The number of fused-ring (bicyclic) bond motifs is 3. The molecule has 0 aromatic heterocycles. The largest absolute Gasteiger partial charge is 0.507 e. The number of nitrogens with zero attached hydrogens (tertiary/aromatic N) is 3. The van der Waals surface area contributed by atoms with Crippen LogP contribution in [0.4, 0.5) is 5.69 Å². The predicted molar refractivity (Wildman–Crippen MR) is 154 cm³/mol. The summed E-state index contributed by atoms with van der Waals surface area (Å²) in [6, 6.07) is 0.841. The normalized spacial score (nSPS) is 31.6. The summed E-state index contributed by atoms with van der Waals surface area (Å²) < 4.78 is 0. The lowest BCUT2D eigenvalue weighted by Gasteiger charge is -2.52. The van der Waals surface area contributed by atoms with E-state index in [9.17, 15) is 34.2 Å². The minimum absolute atomic E-state index is 0.0207. The maximum absolute atomic E-state index is 14.1. The second-order valence-electron chi connectivity index (χ2n) is 13.1. The number of ketones is 4. The average Bonchev–Trinajstić information content (AvgIpc) is 3.74. The number of hydrogen-bond acceptors (Lipinski definition) is 10. The molecule has 0 spiro atoms. The zero-order valence-electron chi connectivity index (χ0n) is 25.2. The highest BCUT2D eigenvalue weighted by molar-refractivity contribution is 6.32. The van der Waals surface area contributed by atoms with Crippen LogP contribution in [0.5, 0.6) is 5.75 Å². The number of benzene rings is 1. The molecule has 5 rings (SSSR count). The third-order valence-corrected chi connectivity index (χ3v) is 10.2. The molecule has 0 saturated heterocycles. The number of phenols is 1. The number of nitrogens with two attached hydrogens (primary N) is 1. The number of anilines is 1. The zero-order valence-corrected chi connectivity index (χ0v) is 25.2. The number of carbonyl (C=O) groups is 5. The molecule has 0 aliphatic heterocycles. The Balaban J connectivity index is 1.60. The Morgan fingerprint density at radius 3 is 2.29 bits per heavy atom. The number of aliphatic hydroxyl groups is 1. The summed E-state index contributed by atoms with van der Waals surface area (Å²) >= 11 is 0. The Kier molecular flexibility index (Phi) is 7.60. The molecule has 11 heteroatoms. The van der Waals surface area contributed by atoms with Crippen LogP contribution in [0.3, 0.4) is 0 Å². The average molecular weight is 583 g/mol. The fraction of sp³-hybridized carbons (Fsp3) is 0.645. The van der Waals surface area contributed by atoms with Crippen molar-refractivity contribution < 1.29 is 34.2 Å². The smallest absolute Gasteiger partial charge is 0.235 e. The lowest BCUT2D eigenvalue weighted by Crippen LogP contribution is -2.74. The quantitative estimate of drug-likeness (QED) is 0.369. The van der Waals surface area contributed by atoms with Crippen LogP contribution >= 0.6 is 0 Å². The van der Waals surface area contributed by atoms with Crippen molar-refractivity contribution in [1.29, 1.82) is 0 Å². The van der Waals surface area contributed by atoms with Gasteiger partial charge in [0.15, 0.2) is 34.7 Å². The summed E-state index contributed by atoms with van der Waals surface area (Å²) in [6.45, 7) is 5.72. The minimum Gasteiger partial charge on any atom is -0.507 e. The Morgan fingerprint density at radius 1 is 1.12 bits per heavy atom. The van der Waals surface area contributed by atoms with Crippen LogP contribution in [-0.4, -0.2) is 101 Å². The molecular weight excluding hydrogens is 540 g/mol. The third-order valence-electron chi connectivity index (χ3n) is 10.2. The van der Waals surface area contributed by atoms with E-state index < -0.39 is 64.4 Å². The number of rotatable bonds is 8. The number of aromatic hydroxyl groups is 1. The topological polar surface area (TPSA) is 162 Å². The van der Waals surface area contributed by atoms with Gasteiger partial charge in [-0.15, -0.1) is 0 Å². The molecule has 4 aliphatic carbocycles. The maximum Gasteiger partial charge on any atom is 0.235 e. The molecule has 1 aromatic carbocycles. The van der Waals surface area contributed by atoms with Crippen molar-refractivity contribution in [2.75, 3.05) is 39.6 Å². The molecule has 1 aromatic rings. The monoisotopic (exact) mass is 582 g/mol. The van der Waals surface area contributed by atoms with Gasteiger partial charge in [-0.1, -0.05) is 6.92 Å². The summed E-state index contributed by atoms with van der Waals surface area (Å²) in [5.41, 5.74) is 4.98. The van der Waals surface area contributed by atoms with Crippen LogP contribution in [0.2, 0.25) is 0 Å². The van der Waals surface area contributed by atoms with Gasteiger partial charge in [0, 0.05) is 38.3 Å². The number of hydrogen-bond donors (Lipinski definition) is 3. The summed E-state index contributed by atoms with van der Waals surface area (Å²) in [4.78, 5) is 72.8. The Hall–Kier alpha value is -3.15. The number of Topliss-reactive ketones (excluding diaryl/α,β-unsaturated/α-hetero) is 4. The van der Waals surface area contributed by atoms with E-state index in [4.69, 9.17) is 5.73 Å². The Morgan fingerprint density at radius 2 is 1.76 bits per heavy atom. The molecule has 2 unspecified atom stereocenters. The minimum atomic E-state index is -2.72. The molecule has 11 nitrogen and oxygen atoms in total. The van der Waals surface area contributed by atoms with Crippen molar-refractivity contribution >= 4 is 34.7 Å². The highest BCUT2D eigenvalue weighted by Gasteiger charge is 2.69. The highest BCUT2D eigenvalue weighted by Crippen LogP contribution is 2.52. The van der Waals surface area contributed by atoms with Gasteiger partial charge in [-0.3, -0.25) is 33.8 Å². The second kappa shape index (κ2) is 10.5. The summed E-state index contributed by atoms with van der Waals surface area (Å²) in [7, 11) is 6.90. The molecule has 1 amide bonds. The van der Waals surface area contributed by atoms with Gasteiger partial charge in [0.05, 0.1) is 17.5 Å². The molecule has 7 atom stereocenters. The summed E-state index contributed by atoms with van der Waals surface area (Å²) in [5.74, 6) is -9.68. The fourth-order valence-corrected chi connectivity index (χ4v) is 8.05. The van der Waals surface area contributed by atoms with E-state index in [1.807, 2.05) is 19.0 Å². The predicted octanol–water partition coefficient (Wildman–Crippen LogP) is 0.553. The number of likely N-dealkylation sites (N-methyl/N-ethyl adjacent to an activating group) is 1. The van der Waals surface area contributed by atoms with Crippen LogP contribution in [0.15, 0.2) is 6.07 Å². The van der Waals surface area contributed by atoms with Crippen molar-refractivity contribution in [3.05, 3.63) is 22.8 Å². The highest BCUT2D eigenvalue weighted by atomic mass is 16.3. The van der Waals surface area contributed by atoms with Crippen molar-refractivity contribution in [2.45, 2.75) is 63.8 Å². The van der Waals surface area contributed by atoms with E-state index in [0.29, 0.717) is 24.1 Å². The van der Waals surface area contributed by atoms with E-state index in [1.165, 1.54) is 17.7 Å². The standard InChI is InChI=1S/C31H42N4O7/c1-7-35(14(2)15-8-9-15)13-17-12-20(36)22-18(24(17)33(3)4)10-16-11-19-25(34(5)6)27(38)23(30(32)41)29(40)31(19,42)28(39)21(16)26(22)37/h12,14-16,19,21,23,25,36,42H,7-11,13H2,1-6H3,(H2,32,41)/t14-,16+,19+,21?,23?,25+,31+/m1/s1. The van der Waals surface area contributed by atoms with Crippen LogP contribution in [0.1, 0.15) is 54.6 Å². The fourth-order valence-electron chi connectivity index (χ4n) is 8.05. The number of phenolic OH excluding ortho intramolecular Hbond substituents is 1.